The predicted molar refractivity (Wildman–Crippen MR) is 382 cm³/mol. The molecule has 5 heteroatoms. The van der Waals surface area contributed by atoms with E-state index in [4.69, 9.17) is 6.85 Å². The van der Waals surface area contributed by atoms with Crippen LogP contribution in [0.5, 0.6) is 0 Å². The van der Waals surface area contributed by atoms with E-state index in [1.54, 1.807) is 0 Å². The van der Waals surface area contributed by atoms with E-state index >= 15 is 0 Å². The maximum atomic E-state index is 10.3. The molecular weight excluding hydrogens is 1110 g/mol. The molecule has 0 bridgehead atoms. The monoisotopic (exact) mass is 1170 g/mol. The van der Waals surface area contributed by atoms with E-state index in [1.165, 1.54) is 31.5 Å². The number of aromatic nitrogens is 3. The van der Waals surface area contributed by atoms with Gasteiger partial charge in [0.2, 0.25) is 0 Å². The van der Waals surface area contributed by atoms with Gasteiger partial charge in [0.25, 0.3) is 0 Å². The highest BCUT2D eigenvalue weighted by atomic mass is 28.3. The largest absolute Gasteiger partial charge is 0.309 e. The highest BCUT2D eigenvalue weighted by Gasteiger charge is 2.44. The van der Waals surface area contributed by atoms with Crippen LogP contribution in [-0.4, -0.2) is 29.8 Å². The molecule has 17 aromatic rings. The van der Waals surface area contributed by atoms with E-state index < -0.39 is 58.4 Å². The number of hydrogen-bond acceptors (Lipinski definition) is 0. The second kappa shape index (κ2) is 21.4. The summed E-state index contributed by atoms with van der Waals surface area (Å²) in [6.07, 6.45) is 0. The Morgan fingerprint density at radius 3 is 1.21 bits per heavy atom. The van der Waals surface area contributed by atoms with Crippen molar-refractivity contribution >= 4 is 123 Å². The van der Waals surface area contributed by atoms with Crippen molar-refractivity contribution in [2.75, 3.05) is 0 Å². The molecular formula is C84H59N3Si2. The Morgan fingerprint density at radius 2 is 0.618 bits per heavy atom. The van der Waals surface area contributed by atoms with E-state index in [9.17, 15) is 5.48 Å². The topological polar surface area (TPSA) is 14.8 Å². The van der Waals surface area contributed by atoms with Gasteiger partial charge in [0.15, 0.2) is 16.1 Å². The quantitative estimate of drug-likeness (QED) is 0.0855. The van der Waals surface area contributed by atoms with Crippen molar-refractivity contribution in [1.29, 1.82) is 0 Å². The Morgan fingerprint density at radius 1 is 0.225 bits per heavy atom. The predicted octanol–water partition coefficient (Wildman–Crippen LogP) is 15.4. The average molecular weight is 1180 g/mol. The summed E-state index contributed by atoms with van der Waals surface area (Å²) in [6, 6.07) is 103. The highest BCUT2D eigenvalue weighted by Crippen LogP contribution is 2.38. The van der Waals surface area contributed by atoms with Gasteiger partial charge in [-0.15, -0.1) is 0 Å². The molecule has 0 aliphatic heterocycles. The molecule has 0 aliphatic carbocycles. The van der Waals surface area contributed by atoms with E-state index in [0.29, 0.717) is 0 Å². The van der Waals surface area contributed by atoms with E-state index in [1.807, 2.05) is 78.9 Å². The second-order valence-electron chi connectivity index (χ2n) is 22.8. The van der Waals surface area contributed by atoms with Crippen LogP contribution in [-0.2, 0) is 0 Å². The summed E-state index contributed by atoms with van der Waals surface area (Å²) in [5.41, 5.74) is 8.54. The lowest BCUT2D eigenvalue weighted by atomic mass is 10.1. The third-order valence-electron chi connectivity index (χ3n) is 18.3. The number of hydrogen-bond donors (Lipinski definition) is 0. The fourth-order valence-electron chi connectivity index (χ4n) is 14.6. The number of nitrogens with zero attached hydrogens (tertiary/aromatic N) is 3. The first-order chi connectivity index (χ1) is 47.9. The first kappa shape index (κ1) is 43.5. The molecule has 3 aromatic heterocycles. The van der Waals surface area contributed by atoms with Crippen LogP contribution < -0.4 is 41.5 Å². The Labute approximate surface area is 532 Å². The van der Waals surface area contributed by atoms with Crippen LogP contribution in [0.3, 0.4) is 0 Å². The molecule has 17 rings (SSSR count). The Kier molecular flexibility index (Phi) is 10.5. The lowest BCUT2D eigenvalue weighted by molar-refractivity contribution is 1.17. The number of para-hydroxylation sites is 4. The summed E-state index contributed by atoms with van der Waals surface area (Å²) in [6.45, 7) is 0. The smallest absolute Gasteiger partial charge is 0.180 e. The van der Waals surface area contributed by atoms with Gasteiger partial charge in [0, 0.05) is 49.4 Å². The zero-order chi connectivity index (χ0) is 66.7. The molecule has 418 valence electrons. The summed E-state index contributed by atoms with van der Waals surface area (Å²) in [5.74, 6) is 0. The molecule has 0 saturated heterocycles. The van der Waals surface area contributed by atoms with Gasteiger partial charge in [0.05, 0.1) is 45.4 Å². The molecule has 0 saturated carbocycles. The van der Waals surface area contributed by atoms with Gasteiger partial charge in [-0.2, -0.15) is 0 Å². The van der Waals surface area contributed by atoms with E-state index in [-0.39, 0.29) is 28.4 Å². The van der Waals surface area contributed by atoms with Gasteiger partial charge >= 0.3 is 0 Å². The maximum Gasteiger partial charge on any atom is 0.180 e. The fourth-order valence-corrected chi connectivity index (χ4v) is 24.0. The SMILES string of the molecule is [2H]c1c([2H])c([2H])c(-c2c([2H])c([2H])c([Si](c3ccccc3)(c3ccccc3)c3cccc4c3c3ccccc3n4-c3ccc4c(c3)c3ccccc3n4-c3cccc([Si](c4ccccc4)(c4ccccc4)c4ccc5c(c4)c4ccccc4n5-c4ccccc4)c3)c([2H])c2[2H])c([2H])c1[2H]. The third kappa shape index (κ3) is 8.17. The summed E-state index contributed by atoms with van der Waals surface area (Å²) < 4.78 is 90.7. The first-order valence-corrected chi connectivity index (χ1v) is 34.1. The summed E-state index contributed by atoms with van der Waals surface area (Å²) in [4.78, 5) is 0. The number of benzene rings is 14. The minimum Gasteiger partial charge on any atom is -0.309 e. The van der Waals surface area contributed by atoms with Gasteiger partial charge in [-0.3, -0.25) is 0 Å². The fraction of sp³-hybridized carbons (Fsp3) is 0. The van der Waals surface area contributed by atoms with Gasteiger partial charge in [-0.05, 0) is 125 Å². The van der Waals surface area contributed by atoms with Crippen LogP contribution in [0.1, 0.15) is 12.3 Å². The van der Waals surface area contributed by atoms with Crippen LogP contribution in [0.25, 0.3) is 93.6 Å². The molecule has 0 N–H and O–H groups in total. The molecule has 0 spiro atoms. The number of rotatable bonds is 12. The molecule has 89 heavy (non-hydrogen) atoms. The standard InChI is InChI=1S/C84H59N3Si2/c1-7-27-60(28-8-1)61-49-52-69(53-50-61)89(67-36-15-5-16-37-67,68-38-17-6-18-39-68)83-48-26-47-82-84(83)74-43-21-24-46-79(74)87(82)64-51-55-80-75(58-64)72-41-19-23-45-78(72)86(80)63-31-25-40-70(57-63)88(65-32-11-3-12-33-65,66-34-13-4-14-35-66)71-54-56-81-76(59-71)73-42-20-22-44-77(73)85(81)62-29-9-2-10-30-62/h1-59H/i1D,7D,8D,27D,28D,49D,50D,52D,53D. The van der Waals surface area contributed by atoms with Crippen LogP contribution in [0.2, 0.25) is 0 Å². The Hall–Kier alpha value is -11.1. The molecule has 0 fully saturated rings. The van der Waals surface area contributed by atoms with Gasteiger partial charge in [-0.25, -0.2) is 0 Å². The van der Waals surface area contributed by atoms with E-state index in [2.05, 4.69) is 238 Å². The lowest BCUT2D eigenvalue weighted by Crippen LogP contribution is -2.74. The van der Waals surface area contributed by atoms with Crippen LogP contribution in [0.15, 0.2) is 358 Å². The Balaban J connectivity index is 0.884. The van der Waals surface area contributed by atoms with Crippen molar-refractivity contribution < 1.29 is 12.3 Å². The van der Waals surface area contributed by atoms with Gasteiger partial charge in [-0.1, -0.05) is 285 Å². The second-order valence-corrected chi connectivity index (χ2v) is 30.3. The van der Waals surface area contributed by atoms with Gasteiger partial charge in [0.1, 0.15) is 0 Å². The van der Waals surface area contributed by atoms with Crippen molar-refractivity contribution in [2.45, 2.75) is 0 Å². The molecule has 0 aliphatic rings. The highest BCUT2D eigenvalue weighted by molar-refractivity contribution is 7.21. The van der Waals surface area contributed by atoms with Gasteiger partial charge < -0.3 is 13.7 Å². The van der Waals surface area contributed by atoms with Crippen molar-refractivity contribution in [1.82, 2.24) is 13.7 Å². The normalized spacial score (nSPS) is 13.5. The third-order valence-corrected chi connectivity index (χ3v) is 27.6. The summed E-state index contributed by atoms with van der Waals surface area (Å²) >= 11 is 0. The summed E-state index contributed by atoms with van der Waals surface area (Å²) in [5, 5.41) is 14.1. The zero-order valence-electron chi connectivity index (χ0n) is 57.2. The molecule has 0 amide bonds. The van der Waals surface area contributed by atoms with Crippen molar-refractivity contribution in [2.24, 2.45) is 0 Å². The molecule has 3 nitrogen and oxygen atoms in total. The van der Waals surface area contributed by atoms with E-state index in [0.717, 1.165) is 87.3 Å². The minimum absolute atomic E-state index is 0.185. The zero-order valence-corrected chi connectivity index (χ0v) is 50.2. The van der Waals surface area contributed by atoms with Crippen LogP contribution >= 0.6 is 0 Å². The molecule has 0 unspecified atom stereocenters. The molecule has 3 heterocycles. The lowest BCUT2D eigenvalue weighted by Gasteiger charge is -2.35. The Bertz CT molecular complexity index is 5920. The van der Waals surface area contributed by atoms with Crippen molar-refractivity contribution in [3.63, 3.8) is 0 Å². The van der Waals surface area contributed by atoms with Crippen LogP contribution in [0.4, 0.5) is 0 Å². The first-order valence-electron chi connectivity index (χ1n) is 34.6. The maximum absolute atomic E-state index is 10.3. The number of fused-ring (bicyclic) bond motifs is 9. The van der Waals surface area contributed by atoms with Crippen molar-refractivity contribution in [3.05, 3.63) is 358 Å². The summed E-state index contributed by atoms with van der Waals surface area (Å²) in [7, 11) is -7.23. The van der Waals surface area contributed by atoms with Crippen molar-refractivity contribution in [3.8, 4) is 28.2 Å². The average Bonchev–Trinajstić information content (AvgIpc) is 0.885. The molecule has 14 aromatic carbocycles. The minimum atomic E-state index is -4.06. The molecule has 0 radical (unpaired) electrons. The van der Waals surface area contributed by atoms with Crippen LogP contribution in [0, 0.1) is 0 Å². The molecule has 0 atom stereocenters.